The SMILES string of the molecule is CC[C@@H](Oc1ccc(C)c(C)c1)C(=O)Nc1ccc(CN(CC)CC)cc1. The predicted octanol–water partition coefficient (Wildman–Crippen LogP) is 4.94. The Morgan fingerprint density at radius 2 is 1.67 bits per heavy atom. The first-order valence-corrected chi connectivity index (χ1v) is 9.82. The van der Waals surface area contributed by atoms with E-state index in [1.165, 1.54) is 11.1 Å². The summed E-state index contributed by atoms with van der Waals surface area (Å²) in [4.78, 5) is 15.0. The fraction of sp³-hybridized carbons (Fsp3) is 0.435. The summed E-state index contributed by atoms with van der Waals surface area (Å²) >= 11 is 0. The molecule has 0 saturated carbocycles. The quantitative estimate of drug-likeness (QED) is 0.681. The minimum absolute atomic E-state index is 0.118. The number of anilines is 1. The van der Waals surface area contributed by atoms with Crippen LogP contribution >= 0.6 is 0 Å². The van der Waals surface area contributed by atoms with Gasteiger partial charge in [-0.1, -0.05) is 39.0 Å². The lowest BCUT2D eigenvalue weighted by atomic mass is 10.1. The minimum atomic E-state index is -0.512. The van der Waals surface area contributed by atoms with Crippen LogP contribution in [0, 0.1) is 13.8 Å². The number of benzene rings is 2. The average Bonchev–Trinajstić information content (AvgIpc) is 2.68. The molecule has 1 N–H and O–H groups in total. The molecule has 2 aromatic rings. The van der Waals surface area contributed by atoms with E-state index in [0.29, 0.717) is 6.42 Å². The first kappa shape index (κ1) is 21.0. The number of nitrogens with one attached hydrogen (secondary N) is 1. The maximum Gasteiger partial charge on any atom is 0.265 e. The molecule has 27 heavy (non-hydrogen) atoms. The van der Waals surface area contributed by atoms with Gasteiger partial charge in [0.1, 0.15) is 5.75 Å². The van der Waals surface area contributed by atoms with E-state index in [1.54, 1.807) is 0 Å². The molecule has 2 aromatic carbocycles. The van der Waals surface area contributed by atoms with Crippen LogP contribution in [0.4, 0.5) is 5.69 Å². The molecule has 0 aromatic heterocycles. The van der Waals surface area contributed by atoms with Gasteiger partial charge in [0.05, 0.1) is 0 Å². The lowest BCUT2D eigenvalue weighted by Crippen LogP contribution is -2.32. The van der Waals surface area contributed by atoms with Gasteiger partial charge >= 0.3 is 0 Å². The second-order valence-electron chi connectivity index (χ2n) is 6.91. The topological polar surface area (TPSA) is 41.6 Å². The van der Waals surface area contributed by atoms with Gasteiger partial charge in [0.15, 0.2) is 6.10 Å². The standard InChI is InChI=1S/C23H32N2O2/c1-6-22(27-21-14-9-17(4)18(5)15-21)23(26)24-20-12-10-19(11-13-20)16-25(7-2)8-3/h9-15,22H,6-8,16H2,1-5H3,(H,24,26)/t22-/m1/s1. The highest BCUT2D eigenvalue weighted by atomic mass is 16.5. The maximum atomic E-state index is 12.6. The highest BCUT2D eigenvalue weighted by molar-refractivity contribution is 5.94. The van der Waals surface area contributed by atoms with Gasteiger partial charge in [0.2, 0.25) is 0 Å². The van der Waals surface area contributed by atoms with Crippen molar-refractivity contribution in [2.24, 2.45) is 0 Å². The van der Waals surface area contributed by atoms with Crippen molar-refractivity contribution in [2.75, 3.05) is 18.4 Å². The second kappa shape index (κ2) is 10.1. The van der Waals surface area contributed by atoms with E-state index in [2.05, 4.69) is 43.1 Å². The number of carbonyl (C=O) groups excluding carboxylic acids is 1. The third-order valence-corrected chi connectivity index (χ3v) is 4.94. The molecule has 0 heterocycles. The summed E-state index contributed by atoms with van der Waals surface area (Å²) in [6.07, 6.45) is 0.0983. The van der Waals surface area contributed by atoms with Crippen molar-refractivity contribution in [1.82, 2.24) is 4.90 Å². The van der Waals surface area contributed by atoms with Crippen molar-refractivity contribution in [3.8, 4) is 5.75 Å². The van der Waals surface area contributed by atoms with Gasteiger partial charge in [-0.15, -0.1) is 0 Å². The Morgan fingerprint density at radius 3 is 2.22 bits per heavy atom. The van der Waals surface area contributed by atoms with Crippen LogP contribution in [0.3, 0.4) is 0 Å². The minimum Gasteiger partial charge on any atom is -0.481 e. The fourth-order valence-electron chi connectivity index (χ4n) is 2.90. The molecule has 1 amide bonds. The first-order valence-electron chi connectivity index (χ1n) is 9.82. The number of ether oxygens (including phenoxy) is 1. The molecule has 0 saturated heterocycles. The van der Waals surface area contributed by atoms with Crippen LogP contribution < -0.4 is 10.1 Å². The molecule has 0 aliphatic heterocycles. The zero-order chi connectivity index (χ0) is 19.8. The number of hydrogen-bond acceptors (Lipinski definition) is 3. The van der Waals surface area contributed by atoms with Crippen LogP contribution in [0.5, 0.6) is 5.75 Å². The van der Waals surface area contributed by atoms with Gasteiger partial charge in [-0.05, 0) is 74.3 Å². The number of carbonyl (C=O) groups is 1. The largest absolute Gasteiger partial charge is 0.481 e. The summed E-state index contributed by atoms with van der Waals surface area (Å²) in [6, 6.07) is 14.0. The zero-order valence-corrected chi connectivity index (χ0v) is 17.2. The Kier molecular flexibility index (Phi) is 7.86. The Bertz CT molecular complexity index is 737. The molecule has 4 heteroatoms. The lowest BCUT2D eigenvalue weighted by Gasteiger charge is -2.19. The second-order valence-corrected chi connectivity index (χ2v) is 6.91. The van der Waals surface area contributed by atoms with Crippen molar-refractivity contribution in [2.45, 2.75) is 53.7 Å². The molecule has 2 rings (SSSR count). The average molecular weight is 369 g/mol. The third-order valence-electron chi connectivity index (χ3n) is 4.94. The van der Waals surface area contributed by atoms with E-state index in [-0.39, 0.29) is 5.91 Å². The van der Waals surface area contributed by atoms with Crippen LogP contribution in [0.25, 0.3) is 0 Å². The molecular weight excluding hydrogens is 336 g/mol. The zero-order valence-electron chi connectivity index (χ0n) is 17.2. The molecule has 4 nitrogen and oxygen atoms in total. The van der Waals surface area contributed by atoms with E-state index in [4.69, 9.17) is 4.74 Å². The number of rotatable bonds is 9. The van der Waals surface area contributed by atoms with Crippen LogP contribution in [-0.4, -0.2) is 30.0 Å². The van der Waals surface area contributed by atoms with E-state index in [0.717, 1.165) is 36.6 Å². The number of aryl methyl sites for hydroxylation is 2. The van der Waals surface area contributed by atoms with Gasteiger partial charge in [0, 0.05) is 12.2 Å². The Balaban J connectivity index is 1.98. The lowest BCUT2D eigenvalue weighted by molar-refractivity contribution is -0.122. The Hall–Kier alpha value is -2.33. The van der Waals surface area contributed by atoms with E-state index >= 15 is 0 Å². The van der Waals surface area contributed by atoms with Gasteiger partial charge in [-0.2, -0.15) is 0 Å². The summed E-state index contributed by atoms with van der Waals surface area (Å²) in [5.74, 6) is 0.613. The van der Waals surface area contributed by atoms with Crippen molar-refractivity contribution in [3.05, 3.63) is 59.2 Å². The molecule has 146 valence electrons. The van der Waals surface area contributed by atoms with Gasteiger partial charge in [-0.3, -0.25) is 9.69 Å². The molecule has 0 aliphatic rings. The number of nitrogens with zero attached hydrogens (tertiary/aromatic N) is 1. The molecule has 0 aliphatic carbocycles. The number of amides is 1. The summed E-state index contributed by atoms with van der Waals surface area (Å²) in [7, 11) is 0. The van der Waals surface area contributed by atoms with E-state index in [1.807, 2.05) is 44.2 Å². The third kappa shape index (κ3) is 6.10. The first-order chi connectivity index (χ1) is 13.0. The van der Waals surface area contributed by atoms with Crippen molar-refractivity contribution in [1.29, 1.82) is 0 Å². The molecule has 0 spiro atoms. The van der Waals surface area contributed by atoms with Crippen molar-refractivity contribution < 1.29 is 9.53 Å². The normalized spacial score (nSPS) is 12.1. The monoisotopic (exact) mass is 368 g/mol. The Labute approximate surface area is 163 Å². The number of hydrogen-bond donors (Lipinski definition) is 1. The van der Waals surface area contributed by atoms with Crippen LogP contribution in [0.2, 0.25) is 0 Å². The maximum absolute atomic E-state index is 12.6. The van der Waals surface area contributed by atoms with Gasteiger partial charge in [-0.25, -0.2) is 0 Å². The molecular formula is C23H32N2O2. The summed E-state index contributed by atoms with van der Waals surface area (Å²) in [5.41, 5.74) is 4.41. The summed E-state index contributed by atoms with van der Waals surface area (Å²) in [6.45, 7) is 13.4. The summed E-state index contributed by atoms with van der Waals surface area (Å²) in [5, 5.41) is 2.97. The molecule has 0 fully saturated rings. The molecule has 1 atom stereocenters. The molecule has 0 bridgehead atoms. The van der Waals surface area contributed by atoms with E-state index in [9.17, 15) is 4.79 Å². The molecule has 0 radical (unpaired) electrons. The van der Waals surface area contributed by atoms with Crippen LogP contribution in [0.1, 0.15) is 43.9 Å². The Morgan fingerprint density at radius 1 is 1.00 bits per heavy atom. The smallest absolute Gasteiger partial charge is 0.265 e. The summed E-state index contributed by atoms with van der Waals surface area (Å²) < 4.78 is 5.92. The highest BCUT2D eigenvalue weighted by Gasteiger charge is 2.18. The van der Waals surface area contributed by atoms with Crippen LogP contribution in [0.15, 0.2) is 42.5 Å². The van der Waals surface area contributed by atoms with Gasteiger partial charge in [0.25, 0.3) is 5.91 Å². The predicted molar refractivity (Wildman–Crippen MR) is 112 cm³/mol. The van der Waals surface area contributed by atoms with Crippen LogP contribution in [-0.2, 0) is 11.3 Å². The van der Waals surface area contributed by atoms with Gasteiger partial charge < -0.3 is 10.1 Å². The fourth-order valence-corrected chi connectivity index (χ4v) is 2.90. The molecule has 0 unspecified atom stereocenters. The van der Waals surface area contributed by atoms with Crippen molar-refractivity contribution in [3.63, 3.8) is 0 Å². The highest BCUT2D eigenvalue weighted by Crippen LogP contribution is 2.19. The van der Waals surface area contributed by atoms with Crippen molar-refractivity contribution >= 4 is 11.6 Å². The van der Waals surface area contributed by atoms with E-state index < -0.39 is 6.10 Å².